The van der Waals surface area contributed by atoms with Crippen LogP contribution in [0.15, 0.2) is 65.2 Å². The zero-order valence-corrected chi connectivity index (χ0v) is 13.4. The molecule has 0 saturated heterocycles. The number of allylic oxidation sites excluding steroid dienone is 6. The van der Waals surface area contributed by atoms with Crippen LogP contribution in [-0.2, 0) is 4.74 Å². The van der Waals surface area contributed by atoms with Crippen LogP contribution < -0.4 is 4.90 Å². The first kappa shape index (κ1) is 16.1. The van der Waals surface area contributed by atoms with Gasteiger partial charge < -0.3 is 9.64 Å². The minimum atomic E-state index is 0.0755. The Bertz CT molecular complexity index is 779. The highest BCUT2D eigenvalue weighted by Crippen LogP contribution is 2.27. The summed E-state index contributed by atoms with van der Waals surface area (Å²) in [6, 6.07) is 11.9. The molecule has 0 saturated carbocycles. The van der Waals surface area contributed by atoms with E-state index in [2.05, 4.69) is 0 Å². The molecule has 0 aliphatic carbocycles. The topological polar surface area (TPSA) is 60.0 Å². The van der Waals surface area contributed by atoms with Gasteiger partial charge in [-0.15, -0.1) is 0 Å². The van der Waals surface area contributed by atoms with E-state index < -0.39 is 0 Å². The minimum absolute atomic E-state index is 0.0755. The summed E-state index contributed by atoms with van der Waals surface area (Å²) in [4.78, 5) is 2.03. The smallest absolute Gasteiger partial charge is 0.137 e. The highest BCUT2D eigenvalue weighted by atomic mass is 16.5. The fourth-order valence-electron chi connectivity index (χ4n) is 2.18. The van der Waals surface area contributed by atoms with Crippen molar-refractivity contribution in [2.75, 3.05) is 19.0 Å². The first-order valence-corrected chi connectivity index (χ1v) is 7.11. The highest BCUT2D eigenvalue weighted by molar-refractivity contribution is 5.65. The molecule has 0 spiro atoms. The quantitative estimate of drug-likeness (QED) is 0.794. The summed E-state index contributed by atoms with van der Waals surface area (Å²) in [6.45, 7) is 1.81. The zero-order valence-electron chi connectivity index (χ0n) is 13.4. The molecule has 4 nitrogen and oxygen atoms in total. The van der Waals surface area contributed by atoms with E-state index >= 15 is 0 Å². The van der Waals surface area contributed by atoms with Crippen molar-refractivity contribution in [1.82, 2.24) is 0 Å². The van der Waals surface area contributed by atoms with Crippen LogP contribution in [0.25, 0.3) is 6.08 Å². The molecule has 0 fully saturated rings. The third-order valence-electron chi connectivity index (χ3n) is 3.49. The molecule has 4 heteroatoms. The number of hydrogen-bond donors (Lipinski definition) is 0. The van der Waals surface area contributed by atoms with Gasteiger partial charge in [-0.25, -0.2) is 0 Å². The number of nitrogens with zero attached hydrogens (tertiary/aromatic N) is 3. The summed E-state index contributed by atoms with van der Waals surface area (Å²) in [5.41, 5.74) is 3.55. The fourth-order valence-corrected chi connectivity index (χ4v) is 2.18. The van der Waals surface area contributed by atoms with E-state index in [0.717, 1.165) is 16.8 Å². The Balaban J connectivity index is 2.35. The van der Waals surface area contributed by atoms with Crippen molar-refractivity contribution in [2.24, 2.45) is 0 Å². The van der Waals surface area contributed by atoms with E-state index in [9.17, 15) is 0 Å². The van der Waals surface area contributed by atoms with Crippen molar-refractivity contribution in [1.29, 1.82) is 10.5 Å². The Morgan fingerprint density at radius 3 is 2.30 bits per heavy atom. The maximum absolute atomic E-state index is 9.09. The Labute approximate surface area is 136 Å². The average molecular weight is 303 g/mol. The standard InChI is InChI=1S/C19H17N3O/c1-14-18(19(10-11-23-14)16(12-20)13-21)9-6-15-4-7-17(8-5-15)22(2)3/h4-11H,1-3H3. The van der Waals surface area contributed by atoms with Gasteiger partial charge in [-0.05, 0) is 30.7 Å². The van der Waals surface area contributed by atoms with Gasteiger partial charge in [0.25, 0.3) is 0 Å². The summed E-state index contributed by atoms with van der Waals surface area (Å²) >= 11 is 0. The lowest BCUT2D eigenvalue weighted by molar-refractivity contribution is 0.345. The van der Waals surface area contributed by atoms with Crippen LogP contribution in [0, 0.1) is 22.7 Å². The second-order valence-electron chi connectivity index (χ2n) is 5.22. The molecule has 1 aliphatic rings. The van der Waals surface area contributed by atoms with Gasteiger partial charge in [0.15, 0.2) is 0 Å². The maximum Gasteiger partial charge on any atom is 0.137 e. The minimum Gasteiger partial charge on any atom is -0.469 e. The van der Waals surface area contributed by atoms with Crippen molar-refractivity contribution in [2.45, 2.75) is 6.92 Å². The van der Waals surface area contributed by atoms with Gasteiger partial charge in [0.05, 0.1) is 6.26 Å². The molecular formula is C19H17N3O. The summed E-state index contributed by atoms with van der Waals surface area (Å²) in [6.07, 6.45) is 6.94. The average Bonchev–Trinajstić information content (AvgIpc) is 2.55. The largest absolute Gasteiger partial charge is 0.469 e. The molecular weight excluding hydrogens is 286 g/mol. The second-order valence-corrected chi connectivity index (χ2v) is 5.22. The van der Waals surface area contributed by atoms with Gasteiger partial charge in [-0.3, -0.25) is 0 Å². The van der Waals surface area contributed by atoms with Crippen LogP contribution in [0.3, 0.4) is 0 Å². The molecule has 0 bridgehead atoms. The Hall–Kier alpha value is -3.24. The van der Waals surface area contributed by atoms with Crippen LogP contribution >= 0.6 is 0 Å². The maximum atomic E-state index is 9.09. The van der Waals surface area contributed by atoms with E-state index in [1.54, 1.807) is 6.08 Å². The van der Waals surface area contributed by atoms with Gasteiger partial charge in [-0.1, -0.05) is 24.3 Å². The summed E-state index contributed by atoms with van der Waals surface area (Å²) in [7, 11) is 3.99. The van der Waals surface area contributed by atoms with Crippen LogP contribution in [0.4, 0.5) is 5.69 Å². The third kappa shape index (κ3) is 3.70. The molecule has 0 radical (unpaired) electrons. The van der Waals surface area contributed by atoms with Crippen LogP contribution in [-0.4, -0.2) is 14.1 Å². The Kier molecular flexibility index (Phi) is 5.02. The lowest BCUT2D eigenvalue weighted by atomic mass is 9.97. The highest BCUT2D eigenvalue weighted by Gasteiger charge is 2.14. The number of rotatable bonds is 3. The first-order valence-electron chi connectivity index (χ1n) is 7.11. The van der Waals surface area contributed by atoms with Gasteiger partial charge in [0.1, 0.15) is 23.5 Å². The van der Waals surface area contributed by atoms with Crippen LogP contribution in [0.2, 0.25) is 0 Å². The van der Waals surface area contributed by atoms with Gasteiger partial charge in [0.2, 0.25) is 0 Å². The van der Waals surface area contributed by atoms with Crippen molar-refractivity contribution in [3.05, 3.63) is 70.7 Å². The molecule has 23 heavy (non-hydrogen) atoms. The molecule has 1 heterocycles. The molecule has 114 valence electrons. The number of anilines is 1. The predicted octanol–water partition coefficient (Wildman–Crippen LogP) is 3.93. The molecule has 0 N–H and O–H groups in total. The monoisotopic (exact) mass is 303 g/mol. The zero-order chi connectivity index (χ0) is 16.8. The number of benzene rings is 1. The lowest BCUT2D eigenvalue weighted by Gasteiger charge is -2.14. The summed E-state index contributed by atoms with van der Waals surface area (Å²) in [5, 5.41) is 18.2. The van der Waals surface area contributed by atoms with Crippen molar-refractivity contribution >= 4 is 11.8 Å². The molecule has 0 unspecified atom stereocenters. The summed E-state index contributed by atoms with van der Waals surface area (Å²) in [5.74, 6) is 0.659. The van der Waals surface area contributed by atoms with Crippen molar-refractivity contribution in [3.8, 4) is 12.1 Å². The van der Waals surface area contributed by atoms with E-state index in [4.69, 9.17) is 15.3 Å². The molecule has 0 atom stereocenters. The predicted molar refractivity (Wildman–Crippen MR) is 91.0 cm³/mol. The molecule has 1 aromatic rings. The number of nitriles is 2. The van der Waals surface area contributed by atoms with Crippen LogP contribution in [0.1, 0.15) is 12.5 Å². The number of hydrogen-bond acceptors (Lipinski definition) is 4. The number of ether oxygens (including phenoxy) is 1. The molecule has 0 amide bonds. The van der Waals surface area contributed by atoms with Gasteiger partial charge in [0, 0.05) is 30.9 Å². The van der Waals surface area contributed by atoms with E-state index in [-0.39, 0.29) is 5.57 Å². The molecule has 0 aromatic heterocycles. The summed E-state index contributed by atoms with van der Waals surface area (Å²) < 4.78 is 5.39. The molecule has 1 aromatic carbocycles. The van der Waals surface area contributed by atoms with Crippen molar-refractivity contribution in [3.63, 3.8) is 0 Å². The second kappa shape index (κ2) is 7.15. The van der Waals surface area contributed by atoms with E-state index in [0.29, 0.717) is 11.3 Å². The SMILES string of the molecule is CC1=C(C=Cc2ccc(N(C)C)cc2)C(=C(C#N)C#N)C=CO1. The van der Waals surface area contributed by atoms with Crippen LogP contribution in [0.5, 0.6) is 0 Å². The van der Waals surface area contributed by atoms with E-state index in [1.807, 2.05) is 74.5 Å². The fraction of sp³-hybridized carbons (Fsp3) is 0.158. The molecule has 2 rings (SSSR count). The van der Waals surface area contributed by atoms with Gasteiger partial charge in [-0.2, -0.15) is 10.5 Å². The van der Waals surface area contributed by atoms with Gasteiger partial charge >= 0.3 is 0 Å². The Morgan fingerprint density at radius 2 is 1.74 bits per heavy atom. The molecule has 1 aliphatic heterocycles. The Morgan fingerprint density at radius 1 is 1.09 bits per heavy atom. The normalized spacial score (nSPS) is 13.5. The van der Waals surface area contributed by atoms with Crippen molar-refractivity contribution < 1.29 is 4.74 Å². The van der Waals surface area contributed by atoms with E-state index in [1.165, 1.54) is 6.26 Å². The lowest BCUT2D eigenvalue weighted by Crippen LogP contribution is -2.07. The third-order valence-corrected chi connectivity index (χ3v) is 3.49. The first-order chi connectivity index (χ1) is 11.1.